The van der Waals surface area contributed by atoms with Gasteiger partial charge in [-0.05, 0) is 30.7 Å². The van der Waals surface area contributed by atoms with Gasteiger partial charge in [0.25, 0.3) is 0 Å². The van der Waals surface area contributed by atoms with E-state index in [0.29, 0.717) is 23.1 Å². The summed E-state index contributed by atoms with van der Waals surface area (Å²) in [5, 5.41) is 9.50. The van der Waals surface area contributed by atoms with E-state index in [2.05, 4.69) is 0 Å². The van der Waals surface area contributed by atoms with Crippen LogP contribution >= 0.6 is 0 Å². The number of carbonyl (C=O) groups is 1. The van der Waals surface area contributed by atoms with Gasteiger partial charge in [-0.15, -0.1) is 0 Å². The summed E-state index contributed by atoms with van der Waals surface area (Å²) in [5.41, 5.74) is 0.570. The molecule has 1 N–H and O–H groups in total. The fourth-order valence-corrected chi connectivity index (χ4v) is 3.39. The maximum atomic E-state index is 11.6. The van der Waals surface area contributed by atoms with Gasteiger partial charge in [0.15, 0.2) is 6.10 Å². The second kappa shape index (κ2) is 6.03. The first-order chi connectivity index (χ1) is 10.2. The molecule has 114 valence electrons. The Hall–Kier alpha value is -1.59. The highest BCUT2D eigenvalue weighted by Gasteiger charge is 2.40. The number of hydrogen-bond acceptors (Lipinski definition) is 4. The van der Waals surface area contributed by atoms with Crippen molar-refractivity contribution in [3.05, 3.63) is 29.8 Å². The molecule has 0 spiro atoms. The van der Waals surface area contributed by atoms with Gasteiger partial charge < -0.3 is 19.3 Å². The Morgan fingerprint density at radius 2 is 1.95 bits per heavy atom. The van der Waals surface area contributed by atoms with Crippen molar-refractivity contribution >= 4 is 5.97 Å². The van der Waals surface area contributed by atoms with Gasteiger partial charge in [0.2, 0.25) is 0 Å². The van der Waals surface area contributed by atoms with Crippen LogP contribution in [0.3, 0.4) is 0 Å². The van der Waals surface area contributed by atoms with E-state index in [9.17, 15) is 9.90 Å². The molecule has 5 nitrogen and oxygen atoms in total. The summed E-state index contributed by atoms with van der Waals surface area (Å²) in [6.45, 7) is 1.55. The highest BCUT2D eigenvalue weighted by atomic mass is 16.5. The Labute approximate surface area is 123 Å². The van der Waals surface area contributed by atoms with E-state index < -0.39 is 12.1 Å². The largest absolute Gasteiger partial charge is 0.496 e. The van der Waals surface area contributed by atoms with Crippen molar-refractivity contribution in [1.29, 1.82) is 0 Å². The zero-order valence-electron chi connectivity index (χ0n) is 12.0. The van der Waals surface area contributed by atoms with Gasteiger partial charge in [0, 0.05) is 18.8 Å². The summed E-state index contributed by atoms with van der Waals surface area (Å²) >= 11 is 0. The van der Waals surface area contributed by atoms with Gasteiger partial charge in [0.05, 0.1) is 13.2 Å². The van der Waals surface area contributed by atoms with Gasteiger partial charge in [-0.25, -0.2) is 4.79 Å². The smallest absolute Gasteiger partial charge is 0.337 e. The summed E-state index contributed by atoms with van der Waals surface area (Å²) in [6.07, 6.45) is 0.758. The second-order valence-corrected chi connectivity index (χ2v) is 5.75. The van der Waals surface area contributed by atoms with E-state index in [0.717, 1.165) is 26.1 Å². The van der Waals surface area contributed by atoms with Crippen molar-refractivity contribution in [2.45, 2.75) is 25.0 Å². The minimum Gasteiger partial charge on any atom is -0.496 e. The summed E-state index contributed by atoms with van der Waals surface area (Å²) in [7, 11) is 1.54. The Bertz CT molecular complexity index is 503. The van der Waals surface area contributed by atoms with Crippen LogP contribution in [0, 0.1) is 11.8 Å². The third-order valence-corrected chi connectivity index (χ3v) is 4.44. The molecule has 1 unspecified atom stereocenters. The molecule has 5 heteroatoms. The number of para-hydroxylation sites is 1. The first kappa shape index (κ1) is 14.4. The number of ether oxygens (including phenoxy) is 3. The van der Waals surface area contributed by atoms with Crippen LogP contribution in [0.25, 0.3) is 0 Å². The predicted octanol–water partition coefficient (Wildman–Crippen LogP) is 2.26. The van der Waals surface area contributed by atoms with Crippen LogP contribution in [-0.2, 0) is 14.3 Å². The topological polar surface area (TPSA) is 65.0 Å². The van der Waals surface area contributed by atoms with Crippen LogP contribution in [0.5, 0.6) is 5.75 Å². The molecule has 0 bridgehead atoms. The maximum absolute atomic E-state index is 11.6. The van der Waals surface area contributed by atoms with Gasteiger partial charge in [-0.3, -0.25) is 0 Å². The summed E-state index contributed by atoms with van der Waals surface area (Å²) in [4.78, 5) is 11.6. The molecule has 0 radical (unpaired) electrons. The van der Waals surface area contributed by atoms with E-state index >= 15 is 0 Å². The van der Waals surface area contributed by atoms with Crippen molar-refractivity contribution in [3.63, 3.8) is 0 Å². The first-order valence-corrected chi connectivity index (χ1v) is 7.28. The zero-order valence-corrected chi connectivity index (χ0v) is 12.0. The Kier molecular flexibility index (Phi) is 4.12. The summed E-state index contributed by atoms with van der Waals surface area (Å²) in [6, 6.07) is 7.12. The Morgan fingerprint density at radius 1 is 1.29 bits per heavy atom. The SMILES string of the molecule is COc1ccccc1C(O[C@H]1C[C@H]2COC[C@H]2C1)C(=O)O. The van der Waals surface area contributed by atoms with Crippen molar-refractivity contribution in [1.82, 2.24) is 0 Å². The van der Waals surface area contributed by atoms with Gasteiger partial charge in [-0.2, -0.15) is 0 Å². The van der Waals surface area contributed by atoms with Crippen LogP contribution in [0.4, 0.5) is 0 Å². The number of carboxylic acids is 1. The molecule has 1 aliphatic heterocycles. The van der Waals surface area contributed by atoms with Crippen molar-refractivity contribution in [2.75, 3.05) is 20.3 Å². The molecule has 1 aromatic rings. The lowest BCUT2D eigenvalue weighted by molar-refractivity contribution is -0.155. The van der Waals surface area contributed by atoms with Crippen molar-refractivity contribution in [3.8, 4) is 5.75 Å². The summed E-state index contributed by atoms with van der Waals surface area (Å²) < 4.78 is 16.6. The first-order valence-electron chi connectivity index (χ1n) is 7.28. The molecule has 0 amide bonds. The average Bonchev–Trinajstić information content (AvgIpc) is 3.05. The third kappa shape index (κ3) is 2.89. The minimum absolute atomic E-state index is 0.0186. The molecular formula is C16H20O5. The fraction of sp³-hybridized carbons (Fsp3) is 0.562. The van der Waals surface area contributed by atoms with E-state index in [4.69, 9.17) is 14.2 Å². The highest BCUT2D eigenvalue weighted by Crippen LogP contribution is 2.40. The molecule has 1 saturated heterocycles. The van der Waals surface area contributed by atoms with E-state index in [-0.39, 0.29) is 6.10 Å². The maximum Gasteiger partial charge on any atom is 0.337 e. The standard InChI is InChI=1S/C16H20O5/c1-19-14-5-3-2-4-13(14)15(16(17)18)21-12-6-10-8-20-9-11(10)7-12/h2-5,10-12,15H,6-9H2,1H3,(H,17,18)/t10-,11+,12-,15?. The summed E-state index contributed by atoms with van der Waals surface area (Å²) in [5.74, 6) is 0.600. The molecule has 0 aromatic heterocycles. The van der Waals surface area contributed by atoms with Gasteiger partial charge in [0.1, 0.15) is 5.75 Å². The number of benzene rings is 1. The molecule has 1 heterocycles. The van der Waals surface area contributed by atoms with Gasteiger partial charge in [-0.1, -0.05) is 18.2 Å². The predicted molar refractivity (Wildman–Crippen MR) is 75.3 cm³/mol. The van der Waals surface area contributed by atoms with Crippen molar-refractivity contribution in [2.24, 2.45) is 11.8 Å². The normalized spacial score (nSPS) is 29.1. The van der Waals surface area contributed by atoms with E-state index in [1.54, 1.807) is 18.2 Å². The number of fused-ring (bicyclic) bond motifs is 1. The molecule has 3 rings (SSSR count). The lowest BCUT2D eigenvalue weighted by Gasteiger charge is -2.21. The number of rotatable bonds is 5. The molecule has 1 aromatic carbocycles. The number of methoxy groups -OCH3 is 1. The minimum atomic E-state index is -0.981. The zero-order chi connectivity index (χ0) is 14.8. The van der Waals surface area contributed by atoms with Crippen LogP contribution < -0.4 is 4.74 Å². The average molecular weight is 292 g/mol. The molecule has 1 aliphatic carbocycles. The molecule has 1 saturated carbocycles. The molecule has 2 fully saturated rings. The van der Waals surface area contributed by atoms with Crippen molar-refractivity contribution < 1.29 is 24.1 Å². The van der Waals surface area contributed by atoms with Gasteiger partial charge >= 0.3 is 5.97 Å². The second-order valence-electron chi connectivity index (χ2n) is 5.75. The monoisotopic (exact) mass is 292 g/mol. The molecule has 4 atom stereocenters. The Balaban J connectivity index is 1.75. The fourth-order valence-electron chi connectivity index (χ4n) is 3.39. The highest BCUT2D eigenvalue weighted by molar-refractivity contribution is 5.75. The van der Waals surface area contributed by atoms with Crippen LogP contribution in [-0.4, -0.2) is 37.5 Å². The molecular weight excluding hydrogens is 272 g/mol. The molecule has 2 aliphatic rings. The quantitative estimate of drug-likeness (QED) is 0.902. The van der Waals surface area contributed by atoms with Crippen LogP contribution in [0.2, 0.25) is 0 Å². The van der Waals surface area contributed by atoms with Crippen LogP contribution in [0.1, 0.15) is 24.5 Å². The number of carboxylic acid groups (broad SMARTS) is 1. The lowest BCUT2D eigenvalue weighted by atomic mass is 10.0. The third-order valence-electron chi connectivity index (χ3n) is 4.44. The number of aliphatic carboxylic acids is 1. The lowest BCUT2D eigenvalue weighted by Crippen LogP contribution is -2.22. The number of hydrogen-bond donors (Lipinski definition) is 1. The Morgan fingerprint density at radius 3 is 2.57 bits per heavy atom. The van der Waals surface area contributed by atoms with E-state index in [1.165, 1.54) is 7.11 Å². The van der Waals surface area contributed by atoms with E-state index in [1.807, 2.05) is 6.07 Å². The van der Waals surface area contributed by atoms with Crippen LogP contribution in [0.15, 0.2) is 24.3 Å². The molecule has 21 heavy (non-hydrogen) atoms.